The Labute approximate surface area is 162 Å². The molecule has 1 amide bonds. The number of hydrogen-bond acceptors (Lipinski definition) is 3. The topological polar surface area (TPSA) is 57.7 Å². The number of nitrogens with zero attached hydrogens (tertiary/aromatic N) is 2. The van der Waals surface area contributed by atoms with Crippen LogP contribution < -0.4 is 0 Å². The molecular formula is C19H18ClFN2O3S. The predicted molar refractivity (Wildman–Crippen MR) is 102 cm³/mol. The molecular weight excluding hydrogens is 391 g/mol. The molecule has 2 aromatic carbocycles. The van der Waals surface area contributed by atoms with Crippen LogP contribution in [0.1, 0.15) is 5.56 Å². The van der Waals surface area contributed by atoms with Crippen molar-refractivity contribution in [3.05, 3.63) is 71.0 Å². The van der Waals surface area contributed by atoms with Gasteiger partial charge in [0, 0.05) is 32.3 Å². The Bertz CT molecular complexity index is 953. The Balaban J connectivity index is 1.62. The highest BCUT2D eigenvalue weighted by Crippen LogP contribution is 2.25. The average molecular weight is 409 g/mol. The summed E-state index contributed by atoms with van der Waals surface area (Å²) in [6.07, 6.45) is 3.01. The summed E-state index contributed by atoms with van der Waals surface area (Å²) in [7, 11) is -3.69. The molecule has 5 nitrogen and oxygen atoms in total. The van der Waals surface area contributed by atoms with E-state index < -0.39 is 10.0 Å². The maximum absolute atomic E-state index is 12.9. The van der Waals surface area contributed by atoms with E-state index in [0.29, 0.717) is 5.56 Å². The van der Waals surface area contributed by atoms with Gasteiger partial charge in [-0.1, -0.05) is 35.9 Å². The molecule has 0 N–H and O–H groups in total. The van der Waals surface area contributed by atoms with Crippen LogP contribution in [0.2, 0.25) is 5.02 Å². The first-order valence-corrected chi connectivity index (χ1v) is 10.2. The second-order valence-electron chi connectivity index (χ2n) is 6.04. The molecule has 2 aromatic rings. The summed E-state index contributed by atoms with van der Waals surface area (Å²) in [6.45, 7) is 0.972. The first-order chi connectivity index (χ1) is 12.9. The fourth-order valence-electron chi connectivity index (χ4n) is 2.79. The highest BCUT2D eigenvalue weighted by molar-refractivity contribution is 7.89. The Morgan fingerprint density at radius 2 is 1.63 bits per heavy atom. The van der Waals surface area contributed by atoms with Crippen LogP contribution in [0.3, 0.4) is 0 Å². The number of benzene rings is 2. The highest BCUT2D eigenvalue weighted by atomic mass is 35.5. The van der Waals surface area contributed by atoms with Gasteiger partial charge in [0.15, 0.2) is 0 Å². The molecule has 27 heavy (non-hydrogen) atoms. The Morgan fingerprint density at radius 1 is 1.00 bits per heavy atom. The molecule has 1 fully saturated rings. The summed E-state index contributed by atoms with van der Waals surface area (Å²) in [5.74, 6) is -0.552. The van der Waals surface area contributed by atoms with Crippen molar-refractivity contribution in [2.45, 2.75) is 4.90 Å². The largest absolute Gasteiger partial charge is 0.337 e. The summed E-state index contributed by atoms with van der Waals surface area (Å²) >= 11 is 6.01. The number of carbonyl (C=O) groups excluding carboxylic acids is 1. The van der Waals surface area contributed by atoms with Crippen LogP contribution in [-0.2, 0) is 14.8 Å². The molecule has 142 valence electrons. The van der Waals surface area contributed by atoms with E-state index in [2.05, 4.69) is 0 Å². The van der Waals surface area contributed by atoms with Crippen molar-refractivity contribution < 1.29 is 17.6 Å². The molecule has 0 aromatic heterocycles. The van der Waals surface area contributed by atoms with Gasteiger partial charge in [0.1, 0.15) is 10.7 Å². The molecule has 0 radical (unpaired) electrons. The minimum Gasteiger partial charge on any atom is -0.337 e. The molecule has 0 unspecified atom stereocenters. The molecule has 0 atom stereocenters. The second-order valence-corrected chi connectivity index (χ2v) is 8.36. The van der Waals surface area contributed by atoms with Gasteiger partial charge in [-0.05, 0) is 35.9 Å². The van der Waals surface area contributed by atoms with E-state index >= 15 is 0 Å². The van der Waals surface area contributed by atoms with Gasteiger partial charge in [0.05, 0.1) is 5.02 Å². The zero-order valence-electron chi connectivity index (χ0n) is 14.4. The number of carbonyl (C=O) groups is 1. The lowest BCUT2D eigenvalue weighted by Crippen LogP contribution is -2.50. The van der Waals surface area contributed by atoms with Crippen molar-refractivity contribution in [1.29, 1.82) is 0 Å². The number of sulfonamides is 1. The lowest BCUT2D eigenvalue weighted by atomic mass is 10.2. The minimum atomic E-state index is -3.69. The summed E-state index contributed by atoms with van der Waals surface area (Å²) < 4.78 is 39.7. The quantitative estimate of drug-likeness (QED) is 0.731. The summed E-state index contributed by atoms with van der Waals surface area (Å²) in [5, 5.41) is 0.179. The Hall–Kier alpha value is -2.22. The van der Waals surface area contributed by atoms with Gasteiger partial charge in [-0.2, -0.15) is 4.31 Å². The van der Waals surface area contributed by atoms with Gasteiger partial charge >= 0.3 is 0 Å². The SMILES string of the molecule is O=C(/C=C/c1ccc(F)cc1)N1CCN(S(=O)(=O)c2ccccc2Cl)CC1. The molecule has 0 spiro atoms. The molecule has 1 aliphatic rings. The second kappa shape index (κ2) is 8.21. The zero-order chi connectivity index (χ0) is 19.4. The van der Waals surface area contributed by atoms with Crippen molar-refractivity contribution in [1.82, 2.24) is 9.21 Å². The van der Waals surface area contributed by atoms with E-state index in [1.165, 1.54) is 34.6 Å². The van der Waals surface area contributed by atoms with Crippen LogP contribution in [0.15, 0.2) is 59.5 Å². The average Bonchev–Trinajstić information content (AvgIpc) is 2.67. The van der Waals surface area contributed by atoms with E-state index in [1.54, 1.807) is 35.2 Å². The molecule has 1 heterocycles. The van der Waals surface area contributed by atoms with Gasteiger partial charge in [-0.25, -0.2) is 12.8 Å². The van der Waals surface area contributed by atoms with Crippen molar-refractivity contribution >= 4 is 33.6 Å². The Kier molecular flexibility index (Phi) is 5.94. The smallest absolute Gasteiger partial charge is 0.246 e. The summed E-state index contributed by atoms with van der Waals surface area (Å²) in [6, 6.07) is 12.1. The zero-order valence-corrected chi connectivity index (χ0v) is 16.0. The molecule has 3 rings (SSSR count). The van der Waals surface area contributed by atoms with E-state index in [-0.39, 0.29) is 47.8 Å². The third-order valence-corrected chi connectivity index (χ3v) is 6.69. The Morgan fingerprint density at radius 3 is 2.26 bits per heavy atom. The van der Waals surface area contributed by atoms with Gasteiger partial charge in [-0.15, -0.1) is 0 Å². The van der Waals surface area contributed by atoms with E-state index in [1.807, 2.05) is 0 Å². The van der Waals surface area contributed by atoms with Crippen LogP contribution in [0.25, 0.3) is 6.08 Å². The minimum absolute atomic E-state index is 0.0719. The molecule has 1 saturated heterocycles. The van der Waals surface area contributed by atoms with Crippen molar-refractivity contribution in [3.63, 3.8) is 0 Å². The predicted octanol–water partition coefficient (Wildman–Crippen LogP) is 3.03. The van der Waals surface area contributed by atoms with Crippen LogP contribution in [-0.4, -0.2) is 49.7 Å². The third-order valence-electron chi connectivity index (χ3n) is 4.29. The van der Waals surface area contributed by atoms with E-state index in [0.717, 1.165) is 0 Å². The van der Waals surface area contributed by atoms with Crippen molar-refractivity contribution in [3.8, 4) is 0 Å². The number of piperazine rings is 1. The summed E-state index contributed by atoms with van der Waals surface area (Å²) in [4.78, 5) is 13.9. The fraction of sp³-hybridized carbons (Fsp3) is 0.211. The van der Waals surface area contributed by atoms with Crippen LogP contribution >= 0.6 is 11.6 Å². The normalized spacial score (nSPS) is 16.0. The monoisotopic (exact) mass is 408 g/mol. The van der Waals surface area contributed by atoms with E-state index in [4.69, 9.17) is 11.6 Å². The first-order valence-electron chi connectivity index (χ1n) is 8.35. The fourth-order valence-corrected chi connectivity index (χ4v) is 4.70. The lowest BCUT2D eigenvalue weighted by molar-refractivity contribution is -0.127. The molecule has 0 aliphatic carbocycles. The standard InChI is InChI=1S/C19H18ClFN2O3S/c20-17-3-1-2-4-18(17)27(25,26)23-13-11-22(12-14-23)19(24)10-7-15-5-8-16(21)9-6-15/h1-10H,11-14H2/b10-7+. The van der Waals surface area contributed by atoms with Crippen molar-refractivity contribution in [2.24, 2.45) is 0 Å². The van der Waals surface area contributed by atoms with Gasteiger partial charge in [-0.3, -0.25) is 4.79 Å². The van der Waals surface area contributed by atoms with Crippen LogP contribution in [0.5, 0.6) is 0 Å². The summed E-state index contributed by atoms with van der Waals surface area (Å²) in [5.41, 5.74) is 0.713. The number of amides is 1. The van der Waals surface area contributed by atoms with E-state index in [9.17, 15) is 17.6 Å². The maximum atomic E-state index is 12.9. The maximum Gasteiger partial charge on any atom is 0.246 e. The van der Waals surface area contributed by atoms with Crippen LogP contribution in [0.4, 0.5) is 4.39 Å². The number of hydrogen-bond donors (Lipinski definition) is 0. The number of rotatable bonds is 4. The van der Waals surface area contributed by atoms with Gasteiger partial charge in [0.2, 0.25) is 15.9 Å². The molecule has 0 saturated carbocycles. The molecule has 0 bridgehead atoms. The van der Waals surface area contributed by atoms with Crippen molar-refractivity contribution in [2.75, 3.05) is 26.2 Å². The molecule has 8 heteroatoms. The third kappa shape index (κ3) is 4.55. The number of halogens is 2. The lowest BCUT2D eigenvalue weighted by Gasteiger charge is -2.33. The van der Waals surface area contributed by atoms with Gasteiger partial charge in [0.25, 0.3) is 0 Å². The highest BCUT2D eigenvalue weighted by Gasteiger charge is 2.30. The van der Waals surface area contributed by atoms with Crippen LogP contribution in [0, 0.1) is 5.82 Å². The first kappa shape index (κ1) is 19.5. The van der Waals surface area contributed by atoms with Gasteiger partial charge < -0.3 is 4.90 Å². The molecule has 1 aliphatic heterocycles.